The van der Waals surface area contributed by atoms with Gasteiger partial charge < -0.3 is 0 Å². The number of Topliss-reactive ketones (excluding diaryl/α,β-unsaturated/α-hetero) is 1. The first kappa shape index (κ1) is 18.4. The van der Waals surface area contributed by atoms with Crippen molar-refractivity contribution < 1.29 is 9.59 Å². The second-order valence-electron chi connectivity index (χ2n) is 6.76. The molecule has 140 valence electrons. The lowest BCUT2D eigenvalue weighted by Crippen LogP contribution is -2.40. The molecule has 0 bridgehead atoms. The smallest absolute Gasteiger partial charge is 0.234 e. The maximum absolute atomic E-state index is 13.1. The van der Waals surface area contributed by atoms with Crippen LogP contribution in [0.2, 0.25) is 0 Å². The van der Waals surface area contributed by atoms with E-state index in [2.05, 4.69) is 17.1 Å². The van der Waals surface area contributed by atoms with Gasteiger partial charge in [-0.05, 0) is 36.6 Å². The quantitative estimate of drug-likeness (QED) is 0.560. The summed E-state index contributed by atoms with van der Waals surface area (Å²) in [5.41, 5.74) is 3.83. The third kappa shape index (κ3) is 3.34. The molecule has 5 nitrogen and oxygen atoms in total. The molecule has 0 saturated heterocycles. The van der Waals surface area contributed by atoms with E-state index in [0.29, 0.717) is 18.0 Å². The number of aromatic nitrogens is 2. The fourth-order valence-electron chi connectivity index (χ4n) is 3.93. The second kappa shape index (κ2) is 7.56. The fourth-order valence-corrected chi connectivity index (χ4v) is 5.71. The molecule has 0 spiro atoms. The van der Waals surface area contributed by atoms with Crippen LogP contribution in [0.25, 0.3) is 0 Å². The molecule has 0 fully saturated rings. The van der Waals surface area contributed by atoms with Crippen molar-refractivity contribution in [2.75, 3.05) is 10.7 Å². The van der Waals surface area contributed by atoms with Crippen LogP contribution in [0, 0.1) is 6.92 Å². The highest BCUT2D eigenvalue weighted by molar-refractivity contribution is 8.01. The maximum atomic E-state index is 13.1. The summed E-state index contributed by atoms with van der Waals surface area (Å²) in [6.07, 6.45) is 2.35. The van der Waals surface area contributed by atoms with Crippen LogP contribution in [0.1, 0.15) is 49.7 Å². The molecule has 27 heavy (non-hydrogen) atoms. The number of aryl methyl sites for hydroxylation is 1. The highest BCUT2D eigenvalue weighted by Gasteiger charge is 2.41. The van der Waals surface area contributed by atoms with Crippen LogP contribution in [-0.2, 0) is 9.59 Å². The van der Waals surface area contributed by atoms with E-state index in [9.17, 15) is 9.59 Å². The molecule has 0 unspecified atom stereocenters. The molecular weight excluding hydrogens is 378 g/mol. The van der Waals surface area contributed by atoms with E-state index in [4.69, 9.17) is 0 Å². The van der Waals surface area contributed by atoms with Crippen LogP contribution < -0.4 is 4.90 Å². The average Bonchev–Trinajstić information content (AvgIpc) is 3.10. The first-order valence-corrected chi connectivity index (χ1v) is 11.0. The summed E-state index contributed by atoms with van der Waals surface area (Å²) >= 11 is 3.04. The molecule has 1 aliphatic carbocycles. The van der Waals surface area contributed by atoms with Crippen LogP contribution in [-0.4, -0.2) is 27.6 Å². The molecule has 2 heterocycles. The van der Waals surface area contributed by atoms with Crippen LogP contribution in [0.15, 0.2) is 39.9 Å². The molecule has 1 atom stereocenters. The zero-order chi connectivity index (χ0) is 19.0. The Labute approximate surface area is 166 Å². The van der Waals surface area contributed by atoms with Crippen molar-refractivity contribution in [1.29, 1.82) is 0 Å². The van der Waals surface area contributed by atoms with Crippen molar-refractivity contribution in [3.05, 3.63) is 46.7 Å². The third-order valence-electron chi connectivity index (χ3n) is 5.09. The zero-order valence-corrected chi connectivity index (χ0v) is 17.0. The summed E-state index contributed by atoms with van der Waals surface area (Å²) in [5.74, 6) is 0.912. The lowest BCUT2D eigenvalue weighted by Gasteiger charge is -2.37. The second-order valence-corrected chi connectivity index (χ2v) is 9.23. The summed E-state index contributed by atoms with van der Waals surface area (Å²) in [4.78, 5) is 27.7. The van der Waals surface area contributed by atoms with E-state index in [0.717, 1.165) is 45.3 Å². The number of nitrogens with zero attached hydrogens (tertiary/aromatic N) is 3. The highest BCUT2D eigenvalue weighted by Crippen LogP contribution is 2.44. The summed E-state index contributed by atoms with van der Waals surface area (Å²) in [6, 6.07) is 8.04. The number of allylic oxidation sites excluding steroid dienone is 2. The van der Waals surface area contributed by atoms with Crippen LogP contribution in [0.3, 0.4) is 0 Å². The maximum Gasteiger partial charge on any atom is 0.234 e. The Hall–Kier alpha value is -1.99. The van der Waals surface area contributed by atoms with E-state index < -0.39 is 0 Å². The lowest BCUT2D eigenvalue weighted by atomic mass is 9.76. The molecule has 0 N–H and O–H groups in total. The van der Waals surface area contributed by atoms with Crippen molar-refractivity contribution in [2.45, 2.75) is 49.8 Å². The van der Waals surface area contributed by atoms with Gasteiger partial charge in [-0.2, -0.15) is 0 Å². The number of ketones is 1. The van der Waals surface area contributed by atoms with Gasteiger partial charge in [0, 0.05) is 30.0 Å². The van der Waals surface area contributed by atoms with E-state index in [1.165, 1.54) is 11.3 Å². The van der Waals surface area contributed by atoms with Gasteiger partial charge >= 0.3 is 0 Å². The predicted octanol–water partition coefficient (Wildman–Crippen LogP) is 4.49. The molecule has 1 aromatic heterocycles. The zero-order valence-electron chi connectivity index (χ0n) is 15.4. The number of anilines is 1. The van der Waals surface area contributed by atoms with Crippen molar-refractivity contribution in [2.24, 2.45) is 0 Å². The number of hydrogen-bond donors (Lipinski definition) is 0. The van der Waals surface area contributed by atoms with Gasteiger partial charge in [-0.15, -0.1) is 10.2 Å². The first-order valence-electron chi connectivity index (χ1n) is 9.21. The van der Waals surface area contributed by atoms with E-state index in [1.807, 2.05) is 31.2 Å². The molecule has 1 amide bonds. The summed E-state index contributed by atoms with van der Waals surface area (Å²) in [5, 5.41) is 9.03. The van der Waals surface area contributed by atoms with Gasteiger partial charge in [0.05, 0.1) is 0 Å². The van der Waals surface area contributed by atoms with Gasteiger partial charge in [0.25, 0.3) is 0 Å². The molecule has 2 aromatic rings. The van der Waals surface area contributed by atoms with Gasteiger partial charge in [0.2, 0.25) is 11.0 Å². The average molecular weight is 400 g/mol. The van der Waals surface area contributed by atoms with Crippen molar-refractivity contribution in [1.82, 2.24) is 10.2 Å². The number of carbonyl (C=O) groups excluding carboxylic acids is 2. The summed E-state index contributed by atoms with van der Waals surface area (Å²) in [6.45, 7) is 4.10. The SMILES string of the molecule is CCSc1nnc(N2C(=O)C[C@@H](c3ccccc3C)C3=C2CCCC3=O)s1. The van der Waals surface area contributed by atoms with Crippen LogP contribution in [0.4, 0.5) is 5.13 Å². The number of amides is 1. The third-order valence-corrected chi connectivity index (χ3v) is 7.02. The van der Waals surface area contributed by atoms with Crippen molar-refractivity contribution >= 4 is 39.9 Å². The molecule has 2 aliphatic rings. The minimum atomic E-state index is -0.157. The topological polar surface area (TPSA) is 63.2 Å². The minimum Gasteiger partial charge on any atom is -0.294 e. The van der Waals surface area contributed by atoms with Crippen molar-refractivity contribution in [3.63, 3.8) is 0 Å². The van der Waals surface area contributed by atoms with Crippen LogP contribution >= 0.6 is 23.1 Å². The molecular formula is C20H21N3O2S2. The van der Waals surface area contributed by atoms with Crippen LogP contribution in [0.5, 0.6) is 0 Å². The Morgan fingerprint density at radius 1 is 1.22 bits per heavy atom. The Bertz CT molecular complexity index is 935. The largest absolute Gasteiger partial charge is 0.294 e. The lowest BCUT2D eigenvalue weighted by molar-refractivity contribution is -0.119. The summed E-state index contributed by atoms with van der Waals surface area (Å²) in [7, 11) is 0. The van der Waals surface area contributed by atoms with E-state index in [-0.39, 0.29) is 17.6 Å². The van der Waals surface area contributed by atoms with Gasteiger partial charge in [-0.3, -0.25) is 14.5 Å². The van der Waals surface area contributed by atoms with Gasteiger partial charge in [0.1, 0.15) is 0 Å². The number of rotatable bonds is 4. The molecule has 1 aliphatic heterocycles. The Morgan fingerprint density at radius 2 is 2.04 bits per heavy atom. The summed E-state index contributed by atoms with van der Waals surface area (Å²) < 4.78 is 0.852. The monoisotopic (exact) mass is 399 g/mol. The van der Waals surface area contributed by atoms with Crippen molar-refractivity contribution in [3.8, 4) is 0 Å². The molecule has 0 radical (unpaired) electrons. The van der Waals surface area contributed by atoms with E-state index >= 15 is 0 Å². The molecule has 0 saturated carbocycles. The highest BCUT2D eigenvalue weighted by atomic mass is 32.2. The Kier molecular flexibility index (Phi) is 5.14. The first-order chi connectivity index (χ1) is 13.1. The molecule has 1 aromatic carbocycles. The standard InChI is InChI=1S/C20H21N3O2S2/c1-3-26-20-22-21-19(27-20)23-15-9-6-10-16(24)18(15)14(11-17(23)25)13-8-5-4-7-12(13)2/h4-5,7-8,14H,3,6,9-11H2,1-2H3/t14-/m0/s1. The normalized spacial score (nSPS) is 20.2. The number of hydrogen-bond acceptors (Lipinski definition) is 6. The number of benzene rings is 1. The number of carbonyl (C=O) groups is 2. The van der Waals surface area contributed by atoms with Gasteiger partial charge in [-0.1, -0.05) is 54.3 Å². The fraction of sp³-hybridized carbons (Fsp3) is 0.400. The Morgan fingerprint density at radius 3 is 2.81 bits per heavy atom. The minimum absolute atomic E-state index is 0.000835. The number of thioether (sulfide) groups is 1. The molecule has 4 rings (SSSR count). The van der Waals surface area contributed by atoms with Gasteiger partial charge in [0.15, 0.2) is 10.1 Å². The van der Waals surface area contributed by atoms with Gasteiger partial charge in [-0.25, -0.2) is 0 Å². The molecule has 7 heteroatoms. The Balaban J connectivity index is 1.82. The van der Waals surface area contributed by atoms with E-state index in [1.54, 1.807) is 16.7 Å². The predicted molar refractivity (Wildman–Crippen MR) is 108 cm³/mol.